The molecular weight excluding hydrogens is 398 g/mol. The van der Waals surface area contributed by atoms with E-state index < -0.39 is 0 Å². The third kappa shape index (κ3) is 4.29. The number of anilines is 1. The molecule has 1 aliphatic heterocycles. The highest BCUT2D eigenvalue weighted by atomic mass is 79.9. The van der Waals surface area contributed by atoms with E-state index in [4.69, 9.17) is 0 Å². The molecule has 1 amide bonds. The van der Waals surface area contributed by atoms with Gasteiger partial charge in [0, 0.05) is 42.8 Å². The molecule has 0 aliphatic carbocycles. The molecular formula is C19H18BrN3O3. The fourth-order valence-electron chi connectivity index (χ4n) is 2.90. The van der Waals surface area contributed by atoms with Gasteiger partial charge in [0.25, 0.3) is 5.69 Å². The summed E-state index contributed by atoms with van der Waals surface area (Å²) in [6.07, 6.45) is 3.37. The summed E-state index contributed by atoms with van der Waals surface area (Å²) in [6.45, 7) is 2.22. The average molecular weight is 416 g/mol. The van der Waals surface area contributed by atoms with Crippen molar-refractivity contribution < 1.29 is 9.72 Å². The molecule has 6 nitrogen and oxygen atoms in total. The van der Waals surface area contributed by atoms with Gasteiger partial charge in [-0.05, 0) is 29.8 Å². The minimum Gasteiger partial charge on any atom is -0.362 e. The first-order valence-corrected chi connectivity index (χ1v) is 9.05. The van der Waals surface area contributed by atoms with E-state index in [1.54, 1.807) is 35.3 Å². The summed E-state index contributed by atoms with van der Waals surface area (Å²) in [4.78, 5) is 26.9. The van der Waals surface area contributed by atoms with Crippen molar-refractivity contribution in [3.05, 3.63) is 74.8 Å². The number of hydrogen-bond acceptors (Lipinski definition) is 4. The molecule has 1 heterocycles. The fraction of sp³-hybridized carbons (Fsp3) is 0.211. The number of para-hydroxylation sites is 2. The zero-order valence-electron chi connectivity index (χ0n) is 14.0. The summed E-state index contributed by atoms with van der Waals surface area (Å²) >= 11 is 3.38. The van der Waals surface area contributed by atoms with Gasteiger partial charge in [0.1, 0.15) is 5.69 Å². The molecule has 0 saturated carbocycles. The first kappa shape index (κ1) is 18.1. The van der Waals surface area contributed by atoms with Gasteiger partial charge >= 0.3 is 0 Å². The third-order valence-corrected chi connectivity index (χ3v) is 4.83. The van der Waals surface area contributed by atoms with Gasteiger partial charge in [-0.25, -0.2) is 0 Å². The minimum absolute atomic E-state index is 0.0462. The number of carbonyl (C=O) groups excluding carboxylic acids is 1. The molecule has 0 radical (unpaired) electrons. The van der Waals surface area contributed by atoms with Crippen LogP contribution in [0.3, 0.4) is 0 Å². The first-order chi connectivity index (χ1) is 12.5. The van der Waals surface area contributed by atoms with Crippen LogP contribution in [-0.4, -0.2) is 41.9 Å². The molecule has 2 aromatic carbocycles. The molecule has 0 unspecified atom stereocenters. The lowest BCUT2D eigenvalue weighted by atomic mass is 10.2. The van der Waals surface area contributed by atoms with Gasteiger partial charge in [-0.3, -0.25) is 14.9 Å². The van der Waals surface area contributed by atoms with E-state index in [1.807, 2.05) is 29.2 Å². The smallest absolute Gasteiger partial charge is 0.292 e. The first-order valence-electron chi connectivity index (χ1n) is 8.25. The van der Waals surface area contributed by atoms with Crippen molar-refractivity contribution in [1.82, 2.24) is 4.90 Å². The topological polar surface area (TPSA) is 66.7 Å². The monoisotopic (exact) mass is 415 g/mol. The summed E-state index contributed by atoms with van der Waals surface area (Å²) in [5.41, 5.74) is 1.66. The second-order valence-corrected chi connectivity index (χ2v) is 6.86. The van der Waals surface area contributed by atoms with E-state index >= 15 is 0 Å². The van der Waals surface area contributed by atoms with E-state index in [0.29, 0.717) is 31.9 Å². The van der Waals surface area contributed by atoms with E-state index in [-0.39, 0.29) is 16.5 Å². The molecule has 0 aromatic heterocycles. The van der Waals surface area contributed by atoms with Crippen molar-refractivity contribution in [1.29, 1.82) is 0 Å². The van der Waals surface area contributed by atoms with Crippen molar-refractivity contribution in [3.8, 4) is 0 Å². The standard InChI is InChI=1S/C19H18BrN3O3/c20-16-8-5-15(6-9-16)7-10-19(24)22-13-11-21(12-14-22)17-3-1-2-4-18(17)23(25)26/h1-10H,11-14H2/b10-7+. The number of rotatable bonds is 4. The Kier molecular flexibility index (Phi) is 5.68. The van der Waals surface area contributed by atoms with Gasteiger partial charge in [-0.15, -0.1) is 0 Å². The van der Waals surface area contributed by atoms with Gasteiger partial charge in [0.15, 0.2) is 0 Å². The maximum absolute atomic E-state index is 12.4. The Bertz CT molecular complexity index is 828. The van der Waals surface area contributed by atoms with Crippen LogP contribution in [0.5, 0.6) is 0 Å². The molecule has 7 heteroatoms. The number of benzene rings is 2. The molecule has 26 heavy (non-hydrogen) atoms. The Morgan fingerprint density at radius 3 is 2.35 bits per heavy atom. The van der Waals surface area contributed by atoms with Crippen molar-refractivity contribution in [2.45, 2.75) is 0 Å². The Labute approximate surface area is 160 Å². The third-order valence-electron chi connectivity index (χ3n) is 4.30. The van der Waals surface area contributed by atoms with Gasteiger partial charge in [-0.1, -0.05) is 40.2 Å². The molecule has 0 spiro atoms. The molecule has 1 aliphatic rings. The molecule has 0 N–H and O–H groups in total. The second-order valence-electron chi connectivity index (χ2n) is 5.94. The quantitative estimate of drug-likeness (QED) is 0.433. The number of nitrogens with zero attached hydrogens (tertiary/aromatic N) is 3. The summed E-state index contributed by atoms with van der Waals surface area (Å²) in [5.74, 6) is -0.0462. The van der Waals surface area contributed by atoms with Crippen molar-refractivity contribution in [2.24, 2.45) is 0 Å². The zero-order valence-corrected chi connectivity index (χ0v) is 15.6. The molecule has 1 fully saturated rings. The largest absolute Gasteiger partial charge is 0.362 e. The summed E-state index contributed by atoms with van der Waals surface area (Å²) in [7, 11) is 0. The number of amides is 1. The Balaban J connectivity index is 1.61. The molecule has 134 valence electrons. The van der Waals surface area contributed by atoms with E-state index in [0.717, 1.165) is 10.0 Å². The van der Waals surface area contributed by atoms with Crippen molar-refractivity contribution in [2.75, 3.05) is 31.1 Å². The lowest BCUT2D eigenvalue weighted by Crippen LogP contribution is -2.48. The molecule has 2 aromatic rings. The van der Waals surface area contributed by atoms with Crippen molar-refractivity contribution >= 4 is 39.3 Å². The maximum atomic E-state index is 12.4. The Morgan fingerprint density at radius 2 is 1.69 bits per heavy atom. The second kappa shape index (κ2) is 8.14. The van der Waals surface area contributed by atoms with Crippen molar-refractivity contribution in [3.63, 3.8) is 0 Å². The minimum atomic E-state index is -0.367. The van der Waals surface area contributed by atoms with Crippen LogP contribution in [0.2, 0.25) is 0 Å². The van der Waals surface area contributed by atoms with Gasteiger partial charge in [0.05, 0.1) is 4.92 Å². The van der Waals surface area contributed by atoms with Crippen LogP contribution in [0.15, 0.2) is 59.1 Å². The van der Waals surface area contributed by atoms with E-state index in [9.17, 15) is 14.9 Å². The Hall–Kier alpha value is -2.67. The fourth-order valence-corrected chi connectivity index (χ4v) is 3.16. The number of nitro groups is 1. The summed E-state index contributed by atoms with van der Waals surface area (Å²) in [5, 5.41) is 11.2. The highest BCUT2D eigenvalue weighted by molar-refractivity contribution is 9.10. The molecule has 3 rings (SSSR count). The number of piperazine rings is 1. The lowest BCUT2D eigenvalue weighted by molar-refractivity contribution is -0.384. The number of hydrogen-bond donors (Lipinski definition) is 0. The van der Waals surface area contributed by atoms with Gasteiger partial charge in [0.2, 0.25) is 5.91 Å². The molecule has 0 atom stereocenters. The molecule has 1 saturated heterocycles. The molecule has 0 bridgehead atoms. The number of nitro benzene ring substituents is 1. The van der Waals surface area contributed by atoms with Crippen LogP contribution in [0, 0.1) is 10.1 Å². The summed E-state index contributed by atoms with van der Waals surface area (Å²) < 4.78 is 0.993. The van der Waals surface area contributed by atoms with Crippen LogP contribution < -0.4 is 4.90 Å². The number of halogens is 1. The van der Waals surface area contributed by atoms with E-state index in [2.05, 4.69) is 15.9 Å². The Morgan fingerprint density at radius 1 is 1.04 bits per heavy atom. The predicted molar refractivity (Wildman–Crippen MR) is 105 cm³/mol. The zero-order chi connectivity index (χ0) is 18.5. The summed E-state index contributed by atoms with van der Waals surface area (Å²) in [6, 6.07) is 14.4. The van der Waals surface area contributed by atoms with Crippen LogP contribution in [0.25, 0.3) is 6.08 Å². The van der Waals surface area contributed by atoms with Crippen LogP contribution in [-0.2, 0) is 4.79 Å². The van der Waals surface area contributed by atoms with Crippen LogP contribution >= 0.6 is 15.9 Å². The lowest BCUT2D eigenvalue weighted by Gasteiger charge is -2.35. The van der Waals surface area contributed by atoms with Gasteiger partial charge in [-0.2, -0.15) is 0 Å². The normalized spacial score (nSPS) is 14.7. The highest BCUT2D eigenvalue weighted by Gasteiger charge is 2.24. The average Bonchev–Trinajstić information content (AvgIpc) is 2.67. The highest BCUT2D eigenvalue weighted by Crippen LogP contribution is 2.28. The maximum Gasteiger partial charge on any atom is 0.292 e. The SMILES string of the molecule is O=C(/C=C/c1ccc(Br)cc1)N1CCN(c2ccccc2[N+](=O)[O-])CC1. The predicted octanol–water partition coefficient (Wildman–Crippen LogP) is 3.72. The van der Waals surface area contributed by atoms with Crippen LogP contribution in [0.4, 0.5) is 11.4 Å². The van der Waals surface area contributed by atoms with Gasteiger partial charge < -0.3 is 9.80 Å². The number of carbonyl (C=O) groups is 1. The van der Waals surface area contributed by atoms with E-state index in [1.165, 1.54) is 6.07 Å². The van der Waals surface area contributed by atoms with Crippen LogP contribution in [0.1, 0.15) is 5.56 Å².